The summed E-state index contributed by atoms with van der Waals surface area (Å²) in [5.74, 6) is -0.958. The van der Waals surface area contributed by atoms with Crippen LogP contribution >= 0.6 is 0 Å². The highest BCUT2D eigenvalue weighted by molar-refractivity contribution is 5.93. The molecule has 0 amide bonds. The second kappa shape index (κ2) is 8.55. The van der Waals surface area contributed by atoms with Crippen LogP contribution in [0.4, 0.5) is 17.1 Å². The van der Waals surface area contributed by atoms with Crippen LogP contribution in [0, 0.1) is 6.92 Å². The highest BCUT2D eigenvalue weighted by atomic mass is 16.4. The normalized spacial score (nSPS) is 15.3. The number of hydrogen-bond donors (Lipinski definition) is 3. The standard InChI is InChI=1S/C24H26N4O2/c1-16-3-5-18(6-4-16)28(2)19-7-8-20-17(13-19)9-12-26-23(20)15-27-22-14-25-11-10-21(22)24(29)30/h3-8,10-11,13-14,23,26-27H,9,12,15H2,1-2H3,(H,29,30). The number of pyridine rings is 1. The average molecular weight is 402 g/mol. The quantitative estimate of drug-likeness (QED) is 0.575. The van der Waals surface area contributed by atoms with Crippen LogP contribution in [-0.2, 0) is 6.42 Å². The lowest BCUT2D eigenvalue weighted by Crippen LogP contribution is -2.34. The van der Waals surface area contributed by atoms with Crippen molar-refractivity contribution < 1.29 is 9.90 Å². The minimum atomic E-state index is -0.958. The van der Waals surface area contributed by atoms with Crippen LogP contribution in [0.5, 0.6) is 0 Å². The van der Waals surface area contributed by atoms with Gasteiger partial charge in [-0.15, -0.1) is 0 Å². The molecule has 30 heavy (non-hydrogen) atoms. The van der Waals surface area contributed by atoms with Crippen LogP contribution in [0.1, 0.15) is 33.1 Å². The Morgan fingerprint density at radius 2 is 1.97 bits per heavy atom. The van der Waals surface area contributed by atoms with Crippen LogP contribution in [0.15, 0.2) is 60.9 Å². The van der Waals surface area contributed by atoms with Gasteiger partial charge in [-0.05, 0) is 61.3 Å². The number of nitrogens with zero attached hydrogens (tertiary/aromatic N) is 2. The first-order chi connectivity index (χ1) is 14.5. The van der Waals surface area contributed by atoms with E-state index in [9.17, 15) is 9.90 Å². The van der Waals surface area contributed by atoms with Gasteiger partial charge in [0, 0.05) is 37.2 Å². The fraction of sp³-hybridized carbons (Fsp3) is 0.250. The summed E-state index contributed by atoms with van der Waals surface area (Å²) in [6.07, 6.45) is 4.02. The Morgan fingerprint density at radius 3 is 2.73 bits per heavy atom. The van der Waals surface area contributed by atoms with Gasteiger partial charge >= 0.3 is 5.97 Å². The first kappa shape index (κ1) is 19.9. The zero-order valence-electron chi connectivity index (χ0n) is 17.2. The van der Waals surface area contributed by atoms with E-state index in [0.717, 1.165) is 24.3 Å². The molecule has 0 spiro atoms. The number of hydrogen-bond acceptors (Lipinski definition) is 5. The van der Waals surface area contributed by atoms with Crippen LogP contribution in [0.2, 0.25) is 0 Å². The van der Waals surface area contributed by atoms with Crippen molar-refractivity contribution >= 4 is 23.0 Å². The first-order valence-electron chi connectivity index (χ1n) is 10.1. The largest absolute Gasteiger partial charge is 0.478 e. The Balaban J connectivity index is 1.52. The molecule has 1 atom stereocenters. The van der Waals surface area contributed by atoms with E-state index >= 15 is 0 Å². The minimum Gasteiger partial charge on any atom is -0.478 e. The molecule has 0 bridgehead atoms. The lowest BCUT2D eigenvalue weighted by atomic mass is 9.93. The summed E-state index contributed by atoms with van der Waals surface area (Å²) in [7, 11) is 2.09. The Kier molecular flexibility index (Phi) is 5.68. The van der Waals surface area contributed by atoms with Gasteiger partial charge in [-0.25, -0.2) is 4.79 Å². The minimum absolute atomic E-state index is 0.106. The van der Waals surface area contributed by atoms with Gasteiger partial charge < -0.3 is 20.6 Å². The SMILES string of the molecule is Cc1ccc(N(C)c2ccc3c(c2)CCNC3CNc2cnccc2C(=O)O)cc1. The molecule has 0 fully saturated rings. The van der Waals surface area contributed by atoms with Gasteiger partial charge in [-0.1, -0.05) is 23.8 Å². The number of benzene rings is 2. The predicted octanol–water partition coefficient (Wildman–Crippen LogP) is 4.16. The third kappa shape index (κ3) is 4.14. The molecule has 1 aliphatic heterocycles. The maximum absolute atomic E-state index is 11.4. The van der Waals surface area contributed by atoms with Gasteiger partial charge in [0.15, 0.2) is 0 Å². The van der Waals surface area contributed by atoms with Gasteiger partial charge in [0.05, 0.1) is 17.4 Å². The predicted molar refractivity (Wildman–Crippen MR) is 120 cm³/mol. The number of carbonyl (C=O) groups is 1. The number of carboxylic acid groups (broad SMARTS) is 1. The third-order valence-corrected chi connectivity index (χ3v) is 5.64. The van der Waals surface area contributed by atoms with Crippen molar-refractivity contribution in [1.29, 1.82) is 0 Å². The summed E-state index contributed by atoms with van der Waals surface area (Å²) in [4.78, 5) is 17.7. The topological polar surface area (TPSA) is 77.5 Å². The smallest absolute Gasteiger partial charge is 0.337 e. The maximum atomic E-state index is 11.4. The molecule has 3 aromatic rings. The second-order valence-corrected chi connectivity index (χ2v) is 7.64. The average Bonchev–Trinajstić information content (AvgIpc) is 2.77. The van der Waals surface area contributed by atoms with E-state index in [4.69, 9.17) is 0 Å². The molecule has 0 saturated carbocycles. The van der Waals surface area contributed by atoms with E-state index in [1.54, 1.807) is 6.20 Å². The number of nitrogens with one attached hydrogen (secondary N) is 2. The zero-order chi connectivity index (χ0) is 21.1. The van der Waals surface area contributed by atoms with Gasteiger partial charge in [0.1, 0.15) is 0 Å². The molecule has 0 aliphatic carbocycles. The Hall–Kier alpha value is -3.38. The highest BCUT2D eigenvalue weighted by Gasteiger charge is 2.21. The van der Waals surface area contributed by atoms with E-state index < -0.39 is 5.97 Å². The molecule has 154 valence electrons. The molecule has 6 nitrogen and oxygen atoms in total. The Bertz CT molecular complexity index is 1050. The summed E-state index contributed by atoms with van der Waals surface area (Å²) >= 11 is 0. The number of aryl methyl sites for hydroxylation is 1. The molecular formula is C24H26N4O2. The van der Waals surface area contributed by atoms with Crippen molar-refractivity contribution in [2.45, 2.75) is 19.4 Å². The summed E-state index contributed by atoms with van der Waals surface area (Å²) in [6.45, 7) is 3.57. The van der Waals surface area contributed by atoms with Crippen molar-refractivity contribution in [3.05, 3.63) is 83.2 Å². The molecule has 1 unspecified atom stereocenters. The number of carboxylic acids is 1. The van der Waals surface area contributed by atoms with E-state index in [0.29, 0.717) is 12.2 Å². The van der Waals surface area contributed by atoms with E-state index in [2.05, 4.69) is 77.0 Å². The Morgan fingerprint density at radius 1 is 1.20 bits per heavy atom. The molecule has 2 aromatic carbocycles. The molecule has 3 N–H and O–H groups in total. The lowest BCUT2D eigenvalue weighted by molar-refractivity contribution is 0.0697. The van der Waals surface area contributed by atoms with E-state index in [1.165, 1.54) is 29.0 Å². The summed E-state index contributed by atoms with van der Waals surface area (Å²) in [5, 5.41) is 16.2. The van der Waals surface area contributed by atoms with Crippen LogP contribution < -0.4 is 15.5 Å². The monoisotopic (exact) mass is 402 g/mol. The molecule has 1 aromatic heterocycles. The van der Waals surface area contributed by atoms with E-state index in [-0.39, 0.29) is 11.6 Å². The molecular weight excluding hydrogens is 376 g/mol. The van der Waals surface area contributed by atoms with Crippen LogP contribution in [-0.4, -0.2) is 36.2 Å². The maximum Gasteiger partial charge on any atom is 0.337 e. The first-order valence-corrected chi connectivity index (χ1v) is 10.1. The van der Waals surface area contributed by atoms with Gasteiger partial charge in [0.25, 0.3) is 0 Å². The molecule has 0 saturated heterocycles. The number of rotatable bonds is 6. The second-order valence-electron chi connectivity index (χ2n) is 7.64. The molecule has 0 radical (unpaired) electrons. The van der Waals surface area contributed by atoms with Crippen molar-refractivity contribution in [3.8, 4) is 0 Å². The summed E-state index contributed by atoms with van der Waals surface area (Å²) in [6, 6.07) is 16.7. The highest BCUT2D eigenvalue weighted by Crippen LogP contribution is 2.30. The number of anilines is 3. The molecule has 6 heteroatoms. The fourth-order valence-corrected chi connectivity index (χ4v) is 3.88. The van der Waals surface area contributed by atoms with Crippen LogP contribution in [0.25, 0.3) is 0 Å². The van der Waals surface area contributed by atoms with Crippen molar-refractivity contribution in [3.63, 3.8) is 0 Å². The summed E-state index contributed by atoms with van der Waals surface area (Å²) in [5.41, 5.74) is 6.90. The van der Waals surface area contributed by atoms with E-state index in [1.807, 2.05) is 0 Å². The lowest BCUT2D eigenvalue weighted by Gasteiger charge is -2.29. The number of aromatic nitrogens is 1. The fourth-order valence-electron chi connectivity index (χ4n) is 3.88. The molecule has 4 rings (SSSR count). The number of aromatic carboxylic acids is 1. The molecule has 1 aliphatic rings. The van der Waals surface area contributed by atoms with Gasteiger partial charge in [-0.3, -0.25) is 4.98 Å². The molecule has 2 heterocycles. The van der Waals surface area contributed by atoms with Crippen molar-refractivity contribution in [2.75, 3.05) is 30.4 Å². The van der Waals surface area contributed by atoms with Gasteiger partial charge in [-0.2, -0.15) is 0 Å². The summed E-state index contributed by atoms with van der Waals surface area (Å²) < 4.78 is 0. The zero-order valence-corrected chi connectivity index (χ0v) is 17.2. The van der Waals surface area contributed by atoms with Crippen molar-refractivity contribution in [2.24, 2.45) is 0 Å². The van der Waals surface area contributed by atoms with Crippen molar-refractivity contribution in [1.82, 2.24) is 10.3 Å². The number of fused-ring (bicyclic) bond motifs is 1. The van der Waals surface area contributed by atoms with Gasteiger partial charge in [0.2, 0.25) is 0 Å². The third-order valence-electron chi connectivity index (χ3n) is 5.64. The van der Waals surface area contributed by atoms with Crippen LogP contribution in [0.3, 0.4) is 0 Å². The Labute approximate surface area is 176 Å².